The fraction of sp³-hybridized carbons (Fsp3) is 0.455. The molecule has 1 aromatic carbocycles. The van der Waals surface area contributed by atoms with Crippen LogP contribution in [0.5, 0.6) is 5.75 Å². The second-order valence-corrected chi connectivity index (χ2v) is 3.38. The number of anilines is 1. The van der Waals surface area contributed by atoms with Crippen molar-refractivity contribution in [3.05, 3.63) is 28.3 Å². The van der Waals surface area contributed by atoms with Crippen LogP contribution in [0.15, 0.2) is 18.2 Å². The minimum Gasteiger partial charge on any atom is -0.490 e. The van der Waals surface area contributed by atoms with Crippen molar-refractivity contribution in [2.45, 2.75) is 0 Å². The fourth-order valence-corrected chi connectivity index (χ4v) is 1.44. The summed E-state index contributed by atoms with van der Waals surface area (Å²) in [5.74, 6) is 0.210. The molecule has 0 unspecified atom stereocenters. The molecular formula is C11H16N2O5. The Labute approximate surface area is 104 Å². The van der Waals surface area contributed by atoms with E-state index in [0.29, 0.717) is 18.8 Å². The van der Waals surface area contributed by atoms with Gasteiger partial charge in [-0.25, -0.2) is 0 Å². The first kappa shape index (κ1) is 14.2. The Morgan fingerprint density at radius 1 is 1.44 bits per heavy atom. The number of nitro benzene ring substituents is 1. The second-order valence-electron chi connectivity index (χ2n) is 3.38. The summed E-state index contributed by atoms with van der Waals surface area (Å²) >= 11 is 0. The molecule has 0 saturated heterocycles. The number of aliphatic hydroxyl groups is 1. The summed E-state index contributed by atoms with van der Waals surface area (Å²) in [5, 5.41) is 22.4. The van der Waals surface area contributed by atoms with E-state index in [0.717, 1.165) is 0 Å². The lowest BCUT2D eigenvalue weighted by Gasteiger charge is -2.09. The van der Waals surface area contributed by atoms with E-state index in [1.165, 1.54) is 13.2 Å². The van der Waals surface area contributed by atoms with Crippen molar-refractivity contribution >= 4 is 11.4 Å². The van der Waals surface area contributed by atoms with Gasteiger partial charge in [0.05, 0.1) is 31.9 Å². The number of para-hydroxylation sites is 1. The van der Waals surface area contributed by atoms with Gasteiger partial charge in [-0.2, -0.15) is 0 Å². The van der Waals surface area contributed by atoms with Gasteiger partial charge in [-0.1, -0.05) is 6.07 Å². The van der Waals surface area contributed by atoms with E-state index < -0.39 is 4.92 Å². The number of hydrogen-bond acceptors (Lipinski definition) is 6. The van der Waals surface area contributed by atoms with Crippen LogP contribution in [0.4, 0.5) is 11.4 Å². The number of hydrogen-bond donors (Lipinski definition) is 2. The highest BCUT2D eigenvalue weighted by Gasteiger charge is 2.19. The summed E-state index contributed by atoms with van der Waals surface area (Å²) in [6.45, 7) is 0.976. The quantitative estimate of drug-likeness (QED) is 0.410. The van der Waals surface area contributed by atoms with Crippen molar-refractivity contribution < 1.29 is 19.5 Å². The predicted octanol–water partition coefficient (Wildman–Crippen LogP) is 1.02. The Morgan fingerprint density at radius 2 is 2.22 bits per heavy atom. The third-order valence-corrected chi connectivity index (χ3v) is 2.20. The highest BCUT2D eigenvalue weighted by molar-refractivity contribution is 5.68. The van der Waals surface area contributed by atoms with E-state index in [-0.39, 0.29) is 24.7 Å². The Hall–Kier alpha value is -1.86. The van der Waals surface area contributed by atoms with Gasteiger partial charge >= 0.3 is 5.69 Å². The summed E-state index contributed by atoms with van der Waals surface area (Å²) in [6, 6.07) is 4.81. The van der Waals surface area contributed by atoms with Crippen LogP contribution in [-0.4, -0.2) is 43.5 Å². The number of rotatable bonds is 8. The fourth-order valence-electron chi connectivity index (χ4n) is 1.44. The smallest absolute Gasteiger partial charge is 0.333 e. The van der Waals surface area contributed by atoms with E-state index >= 15 is 0 Å². The molecule has 7 nitrogen and oxygen atoms in total. The largest absolute Gasteiger partial charge is 0.490 e. The molecule has 0 atom stereocenters. The molecule has 0 saturated carbocycles. The molecular weight excluding hydrogens is 240 g/mol. The molecule has 0 spiro atoms. The third kappa shape index (κ3) is 3.86. The minimum absolute atomic E-state index is 0.0424. The van der Waals surface area contributed by atoms with Crippen molar-refractivity contribution in [1.29, 1.82) is 0 Å². The van der Waals surface area contributed by atoms with Gasteiger partial charge in [-0.15, -0.1) is 0 Å². The maximum Gasteiger partial charge on any atom is 0.333 e. The molecule has 1 rings (SSSR count). The first-order valence-corrected chi connectivity index (χ1v) is 5.44. The van der Waals surface area contributed by atoms with Crippen LogP contribution in [0.2, 0.25) is 0 Å². The Kier molecular flexibility index (Phi) is 5.89. The molecule has 0 amide bonds. The van der Waals surface area contributed by atoms with Crippen LogP contribution in [0.1, 0.15) is 0 Å². The standard InChI is InChI=1S/C11H16N2O5/c1-17-10-4-2-3-9(11(10)13(15)16)12-5-7-18-8-6-14/h2-4,12,14H,5-8H2,1H3. The maximum absolute atomic E-state index is 11.0. The van der Waals surface area contributed by atoms with Gasteiger partial charge in [0.1, 0.15) is 5.69 Å². The molecule has 0 aliphatic rings. The zero-order valence-corrected chi connectivity index (χ0v) is 10.1. The Balaban J connectivity index is 2.67. The number of methoxy groups -OCH3 is 1. The summed E-state index contributed by atoms with van der Waals surface area (Å²) in [4.78, 5) is 10.5. The Morgan fingerprint density at radius 3 is 2.83 bits per heavy atom. The molecule has 0 heterocycles. The van der Waals surface area contributed by atoms with Gasteiger partial charge in [-0.3, -0.25) is 10.1 Å². The molecule has 18 heavy (non-hydrogen) atoms. The molecule has 7 heteroatoms. The van der Waals surface area contributed by atoms with Crippen molar-refractivity contribution in [1.82, 2.24) is 0 Å². The molecule has 0 aromatic heterocycles. The molecule has 1 aromatic rings. The number of nitro groups is 1. The highest BCUT2D eigenvalue weighted by Crippen LogP contribution is 2.34. The zero-order chi connectivity index (χ0) is 13.4. The topological polar surface area (TPSA) is 93.9 Å². The average Bonchev–Trinajstić information content (AvgIpc) is 2.37. The van der Waals surface area contributed by atoms with Gasteiger partial charge in [0, 0.05) is 6.54 Å². The van der Waals surface area contributed by atoms with Crippen molar-refractivity contribution in [3.63, 3.8) is 0 Å². The lowest BCUT2D eigenvalue weighted by atomic mass is 10.2. The molecule has 0 radical (unpaired) electrons. The van der Waals surface area contributed by atoms with Crippen LogP contribution in [0.3, 0.4) is 0 Å². The Bertz CT molecular complexity index is 397. The first-order valence-electron chi connectivity index (χ1n) is 5.44. The van der Waals surface area contributed by atoms with Crippen molar-refractivity contribution in [2.24, 2.45) is 0 Å². The molecule has 0 fully saturated rings. The van der Waals surface area contributed by atoms with Gasteiger partial charge in [0.2, 0.25) is 0 Å². The number of aliphatic hydroxyl groups excluding tert-OH is 1. The van der Waals surface area contributed by atoms with Crippen molar-refractivity contribution in [3.8, 4) is 5.75 Å². The zero-order valence-electron chi connectivity index (χ0n) is 10.1. The number of ether oxygens (including phenoxy) is 2. The lowest BCUT2D eigenvalue weighted by Crippen LogP contribution is -2.12. The van der Waals surface area contributed by atoms with Gasteiger partial charge in [0.25, 0.3) is 0 Å². The van der Waals surface area contributed by atoms with E-state index in [9.17, 15) is 10.1 Å². The summed E-state index contributed by atoms with van der Waals surface area (Å²) in [6.07, 6.45) is 0. The predicted molar refractivity (Wildman–Crippen MR) is 66.0 cm³/mol. The van der Waals surface area contributed by atoms with E-state index in [1.807, 2.05) is 0 Å². The SMILES string of the molecule is COc1cccc(NCCOCCO)c1[N+](=O)[O-]. The second kappa shape index (κ2) is 7.46. The minimum atomic E-state index is -0.490. The number of nitrogens with zero attached hydrogens (tertiary/aromatic N) is 1. The molecule has 0 bridgehead atoms. The maximum atomic E-state index is 11.0. The van der Waals surface area contributed by atoms with E-state index in [1.54, 1.807) is 12.1 Å². The van der Waals surface area contributed by atoms with E-state index in [4.69, 9.17) is 14.6 Å². The summed E-state index contributed by atoms with van der Waals surface area (Å²) in [7, 11) is 1.39. The molecule has 0 aliphatic carbocycles. The van der Waals surface area contributed by atoms with Gasteiger partial charge in [-0.05, 0) is 12.1 Å². The van der Waals surface area contributed by atoms with Crippen molar-refractivity contribution in [2.75, 3.05) is 38.8 Å². The van der Waals surface area contributed by atoms with Crippen LogP contribution in [0, 0.1) is 10.1 Å². The summed E-state index contributed by atoms with van der Waals surface area (Å²) < 4.78 is 9.99. The van der Waals surface area contributed by atoms with Crippen LogP contribution >= 0.6 is 0 Å². The van der Waals surface area contributed by atoms with Gasteiger partial charge < -0.3 is 19.9 Å². The molecule has 0 aliphatic heterocycles. The average molecular weight is 256 g/mol. The first-order chi connectivity index (χ1) is 8.70. The van der Waals surface area contributed by atoms with Crippen LogP contribution in [-0.2, 0) is 4.74 Å². The highest BCUT2D eigenvalue weighted by atomic mass is 16.6. The van der Waals surface area contributed by atoms with Gasteiger partial charge in [0.15, 0.2) is 5.75 Å². The monoisotopic (exact) mass is 256 g/mol. The number of benzene rings is 1. The third-order valence-electron chi connectivity index (χ3n) is 2.20. The van der Waals surface area contributed by atoms with E-state index in [2.05, 4.69) is 5.32 Å². The summed E-state index contributed by atoms with van der Waals surface area (Å²) in [5.41, 5.74) is 0.286. The molecule has 100 valence electrons. The number of nitrogens with one attached hydrogen (secondary N) is 1. The molecule has 2 N–H and O–H groups in total. The normalized spacial score (nSPS) is 10.1. The lowest BCUT2D eigenvalue weighted by molar-refractivity contribution is -0.384. The van der Waals surface area contributed by atoms with Crippen LogP contribution in [0.25, 0.3) is 0 Å². The van der Waals surface area contributed by atoms with Crippen LogP contribution < -0.4 is 10.1 Å².